The van der Waals surface area contributed by atoms with Crippen LogP contribution in [0.1, 0.15) is 42.5 Å². The highest BCUT2D eigenvalue weighted by Gasteiger charge is 2.12. The highest BCUT2D eigenvalue weighted by molar-refractivity contribution is 6.31. The van der Waals surface area contributed by atoms with Crippen LogP contribution in [0.25, 0.3) is 6.08 Å². The summed E-state index contributed by atoms with van der Waals surface area (Å²) >= 11 is 6.37. The average Bonchev–Trinajstić information content (AvgIpc) is 3.06. The van der Waals surface area contributed by atoms with E-state index in [-0.39, 0.29) is 5.91 Å². The number of rotatable bonds is 7. The van der Waals surface area contributed by atoms with E-state index in [9.17, 15) is 4.79 Å². The standard InChI is InChI=1S/C18H24ClN3O2/c1-5-6-11-22-18(19)16(14(3)20-22)9-10-17(23)21(4)12-15-8-7-13(2)24-15/h7-10H,5-6,11-12H2,1-4H3/b10-9+. The van der Waals surface area contributed by atoms with E-state index < -0.39 is 0 Å². The molecule has 2 heterocycles. The van der Waals surface area contributed by atoms with Crippen LogP contribution in [0, 0.1) is 13.8 Å². The number of hydrogen-bond donors (Lipinski definition) is 0. The number of carbonyl (C=O) groups is 1. The first-order valence-electron chi connectivity index (χ1n) is 8.13. The second-order valence-electron chi connectivity index (χ2n) is 5.91. The van der Waals surface area contributed by atoms with Gasteiger partial charge in [-0.15, -0.1) is 0 Å². The van der Waals surface area contributed by atoms with Gasteiger partial charge in [0.1, 0.15) is 16.7 Å². The van der Waals surface area contributed by atoms with E-state index >= 15 is 0 Å². The van der Waals surface area contributed by atoms with E-state index in [4.69, 9.17) is 16.0 Å². The van der Waals surface area contributed by atoms with Crippen molar-refractivity contribution < 1.29 is 9.21 Å². The van der Waals surface area contributed by atoms with Crippen LogP contribution in [0.2, 0.25) is 5.15 Å². The SMILES string of the molecule is CCCCn1nc(C)c(/C=C/C(=O)N(C)Cc2ccc(C)o2)c1Cl. The second-order valence-corrected chi connectivity index (χ2v) is 6.26. The Bertz CT molecular complexity index is 731. The Morgan fingerprint density at radius 1 is 1.42 bits per heavy atom. The number of aromatic nitrogens is 2. The minimum absolute atomic E-state index is 0.110. The minimum atomic E-state index is -0.110. The molecule has 0 aliphatic heterocycles. The predicted octanol–water partition coefficient (Wildman–Crippen LogP) is 4.22. The minimum Gasteiger partial charge on any atom is -0.464 e. The third kappa shape index (κ3) is 4.51. The maximum Gasteiger partial charge on any atom is 0.246 e. The third-order valence-electron chi connectivity index (χ3n) is 3.79. The van der Waals surface area contributed by atoms with Crippen molar-refractivity contribution in [3.05, 3.63) is 46.1 Å². The van der Waals surface area contributed by atoms with E-state index in [1.807, 2.05) is 26.0 Å². The van der Waals surface area contributed by atoms with Crippen LogP contribution in [-0.4, -0.2) is 27.6 Å². The summed E-state index contributed by atoms with van der Waals surface area (Å²) in [4.78, 5) is 13.9. The fraction of sp³-hybridized carbons (Fsp3) is 0.444. The largest absolute Gasteiger partial charge is 0.464 e. The number of carbonyl (C=O) groups excluding carboxylic acids is 1. The van der Waals surface area contributed by atoms with Gasteiger partial charge in [-0.05, 0) is 38.5 Å². The van der Waals surface area contributed by atoms with Crippen molar-refractivity contribution in [1.82, 2.24) is 14.7 Å². The molecular formula is C18H24ClN3O2. The number of nitrogens with zero attached hydrogens (tertiary/aromatic N) is 3. The maximum absolute atomic E-state index is 12.3. The molecule has 2 aromatic heterocycles. The van der Waals surface area contributed by atoms with Crippen LogP contribution in [0.5, 0.6) is 0 Å². The lowest BCUT2D eigenvalue weighted by atomic mass is 10.2. The molecule has 2 aromatic rings. The Hall–Kier alpha value is -2.01. The fourth-order valence-electron chi connectivity index (χ4n) is 2.38. The first-order valence-corrected chi connectivity index (χ1v) is 8.51. The summed E-state index contributed by atoms with van der Waals surface area (Å²) in [6.07, 6.45) is 5.36. The monoisotopic (exact) mass is 349 g/mol. The lowest BCUT2D eigenvalue weighted by molar-refractivity contribution is -0.125. The molecule has 0 atom stereocenters. The Morgan fingerprint density at radius 2 is 2.17 bits per heavy atom. The molecule has 24 heavy (non-hydrogen) atoms. The summed E-state index contributed by atoms with van der Waals surface area (Å²) in [5.74, 6) is 1.49. The van der Waals surface area contributed by atoms with Crippen LogP contribution in [0.4, 0.5) is 0 Å². The number of amides is 1. The van der Waals surface area contributed by atoms with Gasteiger partial charge >= 0.3 is 0 Å². The van der Waals surface area contributed by atoms with Crippen molar-refractivity contribution >= 4 is 23.6 Å². The number of aryl methyl sites for hydroxylation is 3. The molecule has 0 spiro atoms. The molecule has 0 bridgehead atoms. The average molecular weight is 350 g/mol. The predicted molar refractivity (Wildman–Crippen MR) is 95.8 cm³/mol. The molecule has 0 unspecified atom stereocenters. The summed E-state index contributed by atoms with van der Waals surface area (Å²) in [6, 6.07) is 3.76. The topological polar surface area (TPSA) is 51.3 Å². The molecule has 2 rings (SSSR count). The molecule has 0 aliphatic carbocycles. The maximum atomic E-state index is 12.3. The zero-order chi connectivity index (χ0) is 17.7. The molecule has 0 N–H and O–H groups in total. The van der Waals surface area contributed by atoms with Crippen LogP contribution in [0.15, 0.2) is 22.6 Å². The third-order valence-corrected chi connectivity index (χ3v) is 4.19. The Kier molecular flexibility index (Phi) is 6.26. The van der Waals surface area contributed by atoms with Gasteiger partial charge in [0.25, 0.3) is 0 Å². The number of hydrogen-bond acceptors (Lipinski definition) is 3. The number of likely N-dealkylation sites (N-methyl/N-ethyl adjacent to an activating group) is 1. The molecule has 6 heteroatoms. The van der Waals surface area contributed by atoms with E-state index in [0.717, 1.165) is 42.2 Å². The number of halogens is 1. The zero-order valence-electron chi connectivity index (χ0n) is 14.7. The van der Waals surface area contributed by atoms with Crippen molar-refractivity contribution in [3.63, 3.8) is 0 Å². The Morgan fingerprint density at radius 3 is 2.79 bits per heavy atom. The summed E-state index contributed by atoms with van der Waals surface area (Å²) in [7, 11) is 1.74. The molecule has 130 valence electrons. The molecule has 0 saturated carbocycles. The van der Waals surface area contributed by atoms with E-state index in [1.54, 1.807) is 22.7 Å². The molecule has 5 nitrogen and oxygen atoms in total. The van der Waals surface area contributed by atoms with Crippen molar-refractivity contribution in [3.8, 4) is 0 Å². The van der Waals surface area contributed by atoms with E-state index in [1.165, 1.54) is 6.08 Å². The summed E-state index contributed by atoms with van der Waals surface area (Å²) < 4.78 is 7.29. The highest BCUT2D eigenvalue weighted by Crippen LogP contribution is 2.22. The smallest absolute Gasteiger partial charge is 0.246 e. The number of furan rings is 1. The van der Waals surface area contributed by atoms with E-state index in [2.05, 4.69) is 12.0 Å². The van der Waals surface area contributed by atoms with Gasteiger partial charge in [-0.2, -0.15) is 5.10 Å². The van der Waals surface area contributed by atoms with Crippen LogP contribution in [0.3, 0.4) is 0 Å². The van der Waals surface area contributed by atoms with Gasteiger partial charge in [-0.1, -0.05) is 24.9 Å². The molecule has 0 fully saturated rings. The van der Waals surface area contributed by atoms with Crippen molar-refractivity contribution in [2.75, 3.05) is 7.05 Å². The van der Waals surface area contributed by atoms with Crippen LogP contribution < -0.4 is 0 Å². The molecule has 1 amide bonds. The van der Waals surface area contributed by atoms with Crippen LogP contribution >= 0.6 is 11.6 Å². The Labute approximate surface area is 147 Å². The van der Waals surface area contributed by atoms with Gasteiger partial charge in [0.05, 0.1) is 12.2 Å². The first kappa shape index (κ1) is 18.3. The fourth-order valence-corrected chi connectivity index (χ4v) is 2.70. The van der Waals surface area contributed by atoms with Crippen molar-refractivity contribution in [2.24, 2.45) is 0 Å². The Balaban J connectivity index is 2.04. The first-order chi connectivity index (χ1) is 11.4. The van der Waals surface area contributed by atoms with Gasteiger partial charge in [-0.25, -0.2) is 0 Å². The van der Waals surface area contributed by atoms with Crippen LogP contribution in [-0.2, 0) is 17.9 Å². The van der Waals surface area contributed by atoms with Crippen molar-refractivity contribution in [2.45, 2.75) is 46.7 Å². The van der Waals surface area contributed by atoms with Gasteiger partial charge in [-0.3, -0.25) is 9.48 Å². The highest BCUT2D eigenvalue weighted by atomic mass is 35.5. The molecule has 0 aliphatic rings. The van der Waals surface area contributed by atoms with Gasteiger partial charge in [0.15, 0.2) is 0 Å². The normalized spacial score (nSPS) is 11.4. The summed E-state index contributed by atoms with van der Waals surface area (Å²) in [6.45, 7) is 7.12. The lowest BCUT2D eigenvalue weighted by Gasteiger charge is -2.13. The molecular weight excluding hydrogens is 326 g/mol. The summed E-state index contributed by atoms with van der Waals surface area (Å²) in [5.41, 5.74) is 1.62. The van der Waals surface area contributed by atoms with E-state index in [0.29, 0.717) is 11.7 Å². The van der Waals surface area contributed by atoms with Gasteiger partial charge in [0.2, 0.25) is 5.91 Å². The second kappa shape index (κ2) is 8.20. The zero-order valence-corrected chi connectivity index (χ0v) is 15.4. The van der Waals surface area contributed by atoms with Gasteiger partial charge < -0.3 is 9.32 Å². The molecule has 0 aromatic carbocycles. The van der Waals surface area contributed by atoms with Gasteiger partial charge in [0, 0.05) is 25.2 Å². The summed E-state index contributed by atoms with van der Waals surface area (Å²) in [5, 5.41) is 5.01. The molecule has 0 radical (unpaired) electrons. The number of unbranched alkanes of at least 4 members (excludes halogenated alkanes) is 1. The lowest BCUT2D eigenvalue weighted by Crippen LogP contribution is -2.23. The van der Waals surface area contributed by atoms with Crippen molar-refractivity contribution in [1.29, 1.82) is 0 Å². The molecule has 0 saturated heterocycles. The quantitative estimate of drug-likeness (QED) is 0.703.